The number of aliphatic carboxylic acids is 1. The van der Waals surface area contributed by atoms with E-state index in [4.69, 9.17) is 15.3 Å². The highest BCUT2D eigenvalue weighted by Gasteiger charge is 2.54. The van der Waals surface area contributed by atoms with Crippen molar-refractivity contribution >= 4 is 69.3 Å². The maximum Gasteiger partial charge on any atom is 0.352 e. The Labute approximate surface area is 226 Å². The van der Waals surface area contributed by atoms with Crippen molar-refractivity contribution in [3.63, 3.8) is 0 Å². The number of carboxylic acids is 1. The molecule has 198 valence electrons. The summed E-state index contributed by atoms with van der Waals surface area (Å²) in [7, 11) is 2.75. The lowest BCUT2D eigenvalue weighted by Gasteiger charge is -2.49. The Bertz CT molecular complexity index is 1500. The van der Waals surface area contributed by atoms with Gasteiger partial charge in [-0.3, -0.25) is 14.5 Å². The number of aromatic nitrogens is 5. The molecule has 4 N–H and O–H groups in total. The molecule has 0 bridgehead atoms. The first-order valence-corrected chi connectivity index (χ1v) is 13.6. The number of thiazole rings is 1. The molecule has 38 heavy (non-hydrogen) atoms. The van der Waals surface area contributed by atoms with E-state index in [0.29, 0.717) is 28.0 Å². The minimum absolute atomic E-state index is 0.106. The first kappa shape index (κ1) is 25.7. The second-order valence-electron chi connectivity index (χ2n) is 7.71. The summed E-state index contributed by atoms with van der Waals surface area (Å²) in [5.41, 5.74) is 6.15. The van der Waals surface area contributed by atoms with Gasteiger partial charge in [0.05, 0.1) is 7.11 Å². The van der Waals surface area contributed by atoms with Crippen LogP contribution in [0, 0.1) is 0 Å². The number of anilines is 1. The standard InChI is InChI=1S/C20H19N9O6S3/c1-34-10-3-11(29-20(25-10)22-7-23-29)36-4-8-5-37-17-13(16(31)28(17)14(8)18(32)33)26-15(30)12(27-35-2)9-6-38-19(21)24-9/h3,6-7,13,17H,4-5H2,1-2H3,(H2,21,24)(H,26,30)(H,32,33)/t13-,17-/m1/s1. The Hall–Kier alpha value is -3.90. The predicted molar refractivity (Wildman–Crippen MR) is 138 cm³/mol. The molecule has 2 amide bonds. The Balaban J connectivity index is 1.33. The van der Waals surface area contributed by atoms with Crippen LogP contribution in [0.15, 0.2) is 39.2 Å². The maximum atomic E-state index is 13.1. The molecule has 3 aromatic rings. The van der Waals surface area contributed by atoms with Crippen molar-refractivity contribution in [2.45, 2.75) is 16.4 Å². The van der Waals surface area contributed by atoms with Crippen LogP contribution in [0.4, 0.5) is 5.13 Å². The number of amides is 2. The lowest BCUT2D eigenvalue weighted by molar-refractivity contribution is -0.150. The smallest absolute Gasteiger partial charge is 0.352 e. The average Bonchev–Trinajstić information content (AvgIpc) is 3.56. The number of nitrogen functional groups attached to an aromatic ring is 1. The number of carbonyl (C=O) groups excluding carboxylic acids is 2. The molecule has 0 unspecified atom stereocenters. The van der Waals surface area contributed by atoms with Crippen molar-refractivity contribution < 1.29 is 29.1 Å². The van der Waals surface area contributed by atoms with Gasteiger partial charge in [-0.05, 0) is 5.57 Å². The van der Waals surface area contributed by atoms with E-state index in [2.05, 4.69) is 30.5 Å². The Morgan fingerprint density at radius 2 is 2.18 bits per heavy atom. The molecule has 2 aliphatic heterocycles. The Morgan fingerprint density at radius 1 is 1.37 bits per heavy atom. The second kappa shape index (κ2) is 10.5. The fourth-order valence-electron chi connectivity index (χ4n) is 3.83. The zero-order chi connectivity index (χ0) is 27.0. The van der Waals surface area contributed by atoms with Crippen LogP contribution in [0.5, 0.6) is 5.88 Å². The number of nitrogens with two attached hydrogens (primary N) is 1. The largest absolute Gasteiger partial charge is 0.481 e. The number of nitrogens with zero attached hydrogens (tertiary/aromatic N) is 7. The topological polar surface area (TPSA) is 200 Å². The summed E-state index contributed by atoms with van der Waals surface area (Å²) in [6.45, 7) is 0. The van der Waals surface area contributed by atoms with E-state index < -0.39 is 29.2 Å². The first-order valence-electron chi connectivity index (χ1n) is 10.7. The van der Waals surface area contributed by atoms with Crippen molar-refractivity contribution in [2.75, 3.05) is 31.5 Å². The molecular formula is C20H19N9O6S3. The number of nitrogens with one attached hydrogen (secondary N) is 1. The summed E-state index contributed by atoms with van der Waals surface area (Å²) in [5.74, 6) is -1.20. The number of carboxylic acid groups (broad SMARTS) is 1. The van der Waals surface area contributed by atoms with E-state index in [1.807, 2.05) is 0 Å². The highest BCUT2D eigenvalue weighted by atomic mass is 32.2. The highest BCUT2D eigenvalue weighted by Crippen LogP contribution is 2.41. The zero-order valence-corrected chi connectivity index (χ0v) is 22.2. The van der Waals surface area contributed by atoms with Crippen LogP contribution in [0.25, 0.3) is 5.78 Å². The van der Waals surface area contributed by atoms with Crippen molar-refractivity contribution in [3.8, 4) is 5.88 Å². The van der Waals surface area contributed by atoms with Gasteiger partial charge in [-0.2, -0.15) is 19.6 Å². The van der Waals surface area contributed by atoms with Crippen LogP contribution in [0.3, 0.4) is 0 Å². The molecule has 0 radical (unpaired) electrons. The second-order valence-corrected chi connectivity index (χ2v) is 10.7. The van der Waals surface area contributed by atoms with Crippen molar-refractivity contribution in [3.05, 3.63) is 34.7 Å². The molecule has 15 nitrogen and oxygen atoms in total. The third-order valence-corrected chi connectivity index (χ3v) is 8.59. The lowest BCUT2D eigenvalue weighted by Crippen LogP contribution is -2.71. The van der Waals surface area contributed by atoms with Gasteiger partial charge in [0.2, 0.25) is 5.88 Å². The van der Waals surface area contributed by atoms with E-state index in [1.54, 1.807) is 6.07 Å². The number of methoxy groups -OCH3 is 1. The predicted octanol–water partition coefficient (Wildman–Crippen LogP) is 0.0530. The quantitative estimate of drug-likeness (QED) is 0.101. The van der Waals surface area contributed by atoms with Gasteiger partial charge in [0.25, 0.3) is 17.6 Å². The number of hydrogen-bond acceptors (Lipinski definition) is 14. The summed E-state index contributed by atoms with van der Waals surface area (Å²) >= 11 is 3.78. The molecule has 0 aliphatic carbocycles. The summed E-state index contributed by atoms with van der Waals surface area (Å²) in [4.78, 5) is 56.4. The molecule has 0 saturated carbocycles. The molecule has 3 aromatic heterocycles. The molecule has 2 atom stereocenters. The van der Waals surface area contributed by atoms with E-state index in [9.17, 15) is 19.5 Å². The number of thioether (sulfide) groups is 2. The van der Waals surface area contributed by atoms with Gasteiger partial charge in [0, 0.05) is 23.0 Å². The average molecular weight is 578 g/mol. The van der Waals surface area contributed by atoms with E-state index in [0.717, 1.165) is 11.3 Å². The van der Waals surface area contributed by atoms with Gasteiger partial charge < -0.3 is 25.7 Å². The normalized spacial score (nSPS) is 19.3. The minimum atomic E-state index is -1.23. The van der Waals surface area contributed by atoms with E-state index in [1.165, 1.54) is 58.9 Å². The minimum Gasteiger partial charge on any atom is -0.481 e. The third kappa shape index (κ3) is 4.61. The van der Waals surface area contributed by atoms with Gasteiger partial charge in [-0.25, -0.2) is 9.78 Å². The fourth-order valence-corrected chi connectivity index (χ4v) is 6.85. The van der Waals surface area contributed by atoms with Crippen LogP contribution in [0.2, 0.25) is 0 Å². The van der Waals surface area contributed by atoms with Crippen LogP contribution >= 0.6 is 34.9 Å². The number of β-lactam (4-membered cyclic amide) rings is 1. The monoisotopic (exact) mass is 577 g/mol. The van der Waals surface area contributed by atoms with E-state index in [-0.39, 0.29) is 28.0 Å². The van der Waals surface area contributed by atoms with Gasteiger partial charge in [0.1, 0.15) is 41.3 Å². The van der Waals surface area contributed by atoms with Crippen LogP contribution in [0.1, 0.15) is 5.69 Å². The SMILES string of the molecule is CON=C(C(=O)N[C@@H]1C(=O)N2C(C(=O)O)=C(CSc3cc(OC)nc4ncnn34)CS[C@H]12)c1csc(N)n1. The maximum absolute atomic E-state index is 13.1. The third-order valence-electron chi connectivity index (χ3n) is 5.50. The highest BCUT2D eigenvalue weighted by molar-refractivity contribution is 8.01. The zero-order valence-electron chi connectivity index (χ0n) is 19.7. The molecular weight excluding hydrogens is 558 g/mol. The van der Waals surface area contributed by atoms with Crippen LogP contribution in [-0.2, 0) is 19.2 Å². The summed E-state index contributed by atoms with van der Waals surface area (Å²) in [6.07, 6.45) is 1.36. The van der Waals surface area contributed by atoms with Gasteiger partial charge >= 0.3 is 5.97 Å². The van der Waals surface area contributed by atoms with Crippen LogP contribution < -0.4 is 15.8 Å². The van der Waals surface area contributed by atoms with Crippen molar-refractivity contribution in [2.24, 2.45) is 5.16 Å². The van der Waals surface area contributed by atoms with Crippen molar-refractivity contribution in [1.29, 1.82) is 0 Å². The number of carbonyl (C=O) groups is 3. The van der Waals surface area contributed by atoms with E-state index >= 15 is 0 Å². The number of hydrogen-bond donors (Lipinski definition) is 3. The van der Waals surface area contributed by atoms with Crippen LogP contribution in [-0.4, -0.2) is 95.2 Å². The number of oxime groups is 1. The number of rotatable bonds is 9. The molecule has 1 fully saturated rings. The number of ether oxygens (including phenoxy) is 1. The summed E-state index contributed by atoms with van der Waals surface area (Å²) in [6, 6.07) is 0.718. The van der Waals surface area contributed by atoms with Gasteiger partial charge in [-0.1, -0.05) is 5.16 Å². The molecule has 0 aromatic carbocycles. The molecule has 18 heteroatoms. The van der Waals surface area contributed by atoms with Gasteiger partial charge in [0.15, 0.2) is 10.8 Å². The molecule has 0 spiro atoms. The fraction of sp³-hybridized carbons (Fsp3) is 0.300. The number of fused-ring (bicyclic) bond motifs is 2. The molecule has 5 heterocycles. The lowest BCUT2D eigenvalue weighted by atomic mass is 10.0. The Kier molecular flexibility index (Phi) is 7.09. The molecule has 5 rings (SSSR count). The summed E-state index contributed by atoms with van der Waals surface area (Å²) in [5, 5.41) is 22.3. The molecule has 2 aliphatic rings. The Morgan fingerprint density at radius 3 is 2.87 bits per heavy atom. The van der Waals surface area contributed by atoms with Gasteiger partial charge in [-0.15, -0.1) is 34.9 Å². The summed E-state index contributed by atoms with van der Waals surface area (Å²) < 4.78 is 6.73. The van der Waals surface area contributed by atoms with Crippen molar-refractivity contribution in [1.82, 2.24) is 34.8 Å². The first-order chi connectivity index (χ1) is 18.3. The molecule has 1 saturated heterocycles.